The number of alkyl carbamates (subject to hydrolysis) is 1. The van der Waals surface area contributed by atoms with Crippen molar-refractivity contribution < 1.29 is 28.2 Å². The highest BCUT2D eigenvalue weighted by Gasteiger charge is 2.52. The van der Waals surface area contributed by atoms with E-state index in [1.807, 2.05) is 6.92 Å². The number of amides is 2. The van der Waals surface area contributed by atoms with Crippen molar-refractivity contribution in [1.82, 2.24) is 10.2 Å². The molecule has 0 atom stereocenters. The number of ether oxygens (including phenoxy) is 3. The van der Waals surface area contributed by atoms with Gasteiger partial charge < -0.3 is 24.4 Å². The molecule has 2 heterocycles. The average molecular weight is 350 g/mol. The molecule has 2 aliphatic heterocycles. The minimum atomic E-state index is -0.454. The molecule has 1 saturated carbocycles. The molecule has 1 spiro atoms. The number of carbonyl (C=O) groups is 2. The first-order chi connectivity index (χ1) is 11.9. The highest BCUT2D eigenvalue weighted by molar-refractivity contribution is 5.74. The summed E-state index contributed by atoms with van der Waals surface area (Å²) in [5, 5.41) is 2.71. The number of halogens is 1. The van der Waals surface area contributed by atoms with Gasteiger partial charge in [-0.2, -0.15) is 0 Å². The van der Waals surface area contributed by atoms with Crippen LogP contribution in [0.1, 0.15) is 18.4 Å². The standard InChI is InChI=1S/C17H19FN2O5/c1-10-2-3-14(13(18)4-10)24-11-5-12(6-11)25-16(22)20-7-17(8-20)9-23-15(21)19-17/h2-4,11-12H,5-9H2,1H3,(H,19,21). The third-order valence-corrected chi connectivity index (χ3v) is 4.79. The topological polar surface area (TPSA) is 77.1 Å². The summed E-state index contributed by atoms with van der Waals surface area (Å²) in [7, 11) is 0. The number of aryl methyl sites for hydroxylation is 1. The number of benzene rings is 1. The number of hydrogen-bond donors (Lipinski definition) is 1. The van der Waals surface area contributed by atoms with E-state index in [4.69, 9.17) is 14.2 Å². The molecule has 3 aliphatic rings. The van der Waals surface area contributed by atoms with E-state index in [0.29, 0.717) is 25.9 Å². The predicted octanol–water partition coefficient (Wildman–Crippen LogP) is 1.97. The molecule has 0 aromatic heterocycles. The lowest BCUT2D eigenvalue weighted by molar-refractivity contribution is -0.0508. The maximum absolute atomic E-state index is 13.8. The first-order valence-electron chi connectivity index (χ1n) is 8.26. The maximum atomic E-state index is 13.8. The number of likely N-dealkylation sites (tertiary alicyclic amines) is 1. The van der Waals surface area contributed by atoms with Crippen molar-refractivity contribution >= 4 is 12.2 Å². The van der Waals surface area contributed by atoms with Crippen LogP contribution in [0, 0.1) is 12.7 Å². The molecule has 2 amide bonds. The molecule has 25 heavy (non-hydrogen) atoms. The molecule has 1 aromatic carbocycles. The first-order valence-corrected chi connectivity index (χ1v) is 8.26. The second kappa shape index (κ2) is 5.79. The summed E-state index contributed by atoms with van der Waals surface area (Å²) in [5.41, 5.74) is 0.381. The van der Waals surface area contributed by atoms with Gasteiger partial charge in [0.15, 0.2) is 11.6 Å². The van der Waals surface area contributed by atoms with Gasteiger partial charge in [0.25, 0.3) is 0 Å². The van der Waals surface area contributed by atoms with Gasteiger partial charge in [0, 0.05) is 12.8 Å². The van der Waals surface area contributed by atoms with Crippen LogP contribution >= 0.6 is 0 Å². The molecule has 4 rings (SSSR count). The van der Waals surface area contributed by atoms with E-state index in [-0.39, 0.29) is 30.4 Å². The van der Waals surface area contributed by atoms with Crippen molar-refractivity contribution in [2.75, 3.05) is 19.7 Å². The Morgan fingerprint density at radius 2 is 2.12 bits per heavy atom. The van der Waals surface area contributed by atoms with Crippen LogP contribution in [0.2, 0.25) is 0 Å². The van der Waals surface area contributed by atoms with Crippen LogP contribution in [0.4, 0.5) is 14.0 Å². The predicted molar refractivity (Wildman–Crippen MR) is 83.8 cm³/mol. The molecule has 2 saturated heterocycles. The Bertz CT molecular complexity index is 713. The van der Waals surface area contributed by atoms with Crippen LogP contribution in [-0.4, -0.2) is 54.5 Å². The van der Waals surface area contributed by atoms with Gasteiger partial charge in [0.1, 0.15) is 24.4 Å². The molecular weight excluding hydrogens is 331 g/mol. The average Bonchev–Trinajstić information content (AvgIpc) is 2.88. The minimum absolute atomic E-state index is 0.153. The number of rotatable bonds is 3. The third kappa shape index (κ3) is 3.08. The second-order valence-corrected chi connectivity index (χ2v) is 6.99. The van der Waals surface area contributed by atoms with Gasteiger partial charge in [-0.05, 0) is 24.6 Å². The first kappa shape index (κ1) is 16.0. The molecule has 0 radical (unpaired) electrons. The van der Waals surface area contributed by atoms with E-state index >= 15 is 0 Å². The van der Waals surface area contributed by atoms with Gasteiger partial charge >= 0.3 is 12.2 Å². The molecule has 1 aromatic rings. The van der Waals surface area contributed by atoms with E-state index in [1.54, 1.807) is 12.1 Å². The number of nitrogens with zero attached hydrogens (tertiary/aromatic N) is 1. The van der Waals surface area contributed by atoms with E-state index in [2.05, 4.69) is 5.32 Å². The third-order valence-electron chi connectivity index (χ3n) is 4.79. The smallest absolute Gasteiger partial charge is 0.410 e. The Hall–Kier alpha value is -2.51. The summed E-state index contributed by atoms with van der Waals surface area (Å²) in [4.78, 5) is 24.7. The molecule has 3 fully saturated rings. The fourth-order valence-electron chi connectivity index (χ4n) is 3.28. The van der Waals surface area contributed by atoms with Crippen LogP contribution < -0.4 is 10.1 Å². The van der Waals surface area contributed by atoms with Crippen molar-refractivity contribution in [3.8, 4) is 5.75 Å². The van der Waals surface area contributed by atoms with Gasteiger partial charge in [0.2, 0.25) is 0 Å². The van der Waals surface area contributed by atoms with Gasteiger partial charge in [-0.15, -0.1) is 0 Å². The van der Waals surface area contributed by atoms with Gasteiger partial charge in [0.05, 0.1) is 13.1 Å². The normalized spacial score (nSPS) is 26.3. The monoisotopic (exact) mass is 350 g/mol. The number of nitrogens with one attached hydrogen (secondary N) is 1. The fraction of sp³-hybridized carbons (Fsp3) is 0.529. The Morgan fingerprint density at radius 1 is 1.36 bits per heavy atom. The van der Waals surface area contributed by atoms with Crippen LogP contribution in [0.25, 0.3) is 0 Å². The zero-order chi connectivity index (χ0) is 17.6. The SMILES string of the molecule is Cc1ccc(OC2CC(OC(=O)N3CC4(COC(=O)N4)C3)C2)c(F)c1. The Balaban J connectivity index is 1.20. The molecule has 1 N–H and O–H groups in total. The molecule has 134 valence electrons. The van der Waals surface area contributed by atoms with Gasteiger partial charge in [-0.3, -0.25) is 0 Å². The van der Waals surface area contributed by atoms with Crippen LogP contribution in [-0.2, 0) is 9.47 Å². The summed E-state index contributed by atoms with van der Waals surface area (Å²) >= 11 is 0. The van der Waals surface area contributed by atoms with E-state index in [1.165, 1.54) is 11.0 Å². The molecule has 0 bridgehead atoms. The highest BCUT2D eigenvalue weighted by atomic mass is 19.1. The van der Waals surface area contributed by atoms with E-state index < -0.39 is 17.7 Å². The van der Waals surface area contributed by atoms with Gasteiger partial charge in [-0.25, -0.2) is 14.0 Å². The molecule has 0 unspecified atom stereocenters. The molecular formula is C17H19FN2O5. The van der Waals surface area contributed by atoms with Crippen LogP contribution in [0.3, 0.4) is 0 Å². The highest BCUT2D eigenvalue weighted by Crippen LogP contribution is 2.32. The summed E-state index contributed by atoms with van der Waals surface area (Å²) in [5.74, 6) is -0.158. The molecule has 7 nitrogen and oxygen atoms in total. The Morgan fingerprint density at radius 3 is 2.76 bits per heavy atom. The Kier molecular flexibility index (Phi) is 3.70. The summed E-state index contributed by atoms with van der Waals surface area (Å²) < 4.78 is 29.6. The fourth-order valence-corrected chi connectivity index (χ4v) is 3.28. The molecule has 1 aliphatic carbocycles. The van der Waals surface area contributed by atoms with Crippen LogP contribution in [0.15, 0.2) is 18.2 Å². The van der Waals surface area contributed by atoms with Crippen molar-refractivity contribution in [2.45, 2.75) is 37.5 Å². The number of cyclic esters (lactones) is 1. The lowest BCUT2D eigenvalue weighted by Gasteiger charge is -2.46. The van der Waals surface area contributed by atoms with Crippen molar-refractivity contribution in [1.29, 1.82) is 0 Å². The lowest BCUT2D eigenvalue weighted by atomic mass is 9.91. The largest absolute Gasteiger partial charge is 0.487 e. The summed E-state index contributed by atoms with van der Waals surface area (Å²) in [6, 6.07) is 4.83. The number of hydrogen-bond acceptors (Lipinski definition) is 5. The van der Waals surface area contributed by atoms with E-state index in [0.717, 1.165) is 5.56 Å². The zero-order valence-electron chi connectivity index (χ0n) is 13.8. The van der Waals surface area contributed by atoms with Crippen molar-refractivity contribution in [2.24, 2.45) is 0 Å². The summed E-state index contributed by atoms with van der Waals surface area (Å²) in [6.07, 6.45) is -0.153. The van der Waals surface area contributed by atoms with Crippen molar-refractivity contribution in [3.63, 3.8) is 0 Å². The van der Waals surface area contributed by atoms with E-state index in [9.17, 15) is 14.0 Å². The number of carbonyl (C=O) groups excluding carboxylic acids is 2. The summed E-state index contributed by atoms with van der Waals surface area (Å²) in [6.45, 7) is 2.86. The van der Waals surface area contributed by atoms with Crippen molar-refractivity contribution in [3.05, 3.63) is 29.6 Å². The minimum Gasteiger partial charge on any atom is -0.487 e. The Labute approximate surface area is 144 Å². The zero-order valence-corrected chi connectivity index (χ0v) is 13.8. The maximum Gasteiger partial charge on any atom is 0.410 e. The lowest BCUT2D eigenvalue weighted by Crippen LogP contribution is -2.70. The second-order valence-electron chi connectivity index (χ2n) is 6.99. The quantitative estimate of drug-likeness (QED) is 0.902. The van der Waals surface area contributed by atoms with Gasteiger partial charge in [-0.1, -0.05) is 6.07 Å². The van der Waals surface area contributed by atoms with Crippen LogP contribution in [0.5, 0.6) is 5.75 Å². The molecule has 8 heteroatoms.